The van der Waals surface area contributed by atoms with Crippen LogP contribution in [0.15, 0.2) is 52.9 Å². The highest BCUT2D eigenvalue weighted by molar-refractivity contribution is 7.18. The summed E-state index contributed by atoms with van der Waals surface area (Å²) < 4.78 is 12.6. The Bertz CT molecular complexity index is 1150. The number of aromatic nitrogens is 1. The molecule has 2 aromatic heterocycles. The second-order valence-corrected chi connectivity index (χ2v) is 8.43. The third kappa shape index (κ3) is 3.22. The van der Waals surface area contributed by atoms with E-state index >= 15 is 0 Å². The zero-order valence-electron chi connectivity index (χ0n) is 16.3. The monoisotopic (exact) mass is 406 g/mol. The van der Waals surface area contributed by atoms with E-state index in [1.165, 1.54) is 0 Å². The summed E-state index contributed by atoms with van der Waals surface area (Å²) in [7, 11) is 1.64. The van der Waals surface area contributed by atoms with Gasteiger partial charge in [0, 0.05) is 24.6 Å². The summed E-state index contributed by atoms with van der Waals surface area (Å²) >= 11 is 1.68. The fourth-order valence-electron chi connectivity index (χ4n) is 4.15. The molecule has 5 nitrogen and oxygen atoms in total. The number of carbonyl (C=O) groups is 1. The van der Waals surface area contributed by atoms with Crippen LogP contribution >= 0.6 is 11.3 Å². The molecule has 5 rings (SSSR count). The van der Waals surface area contributed by atoms with Crippen molar-refractivity contribution in [3.05, 3.63) is 64.9 Å². The van der Waals surface area contributed by atoms with Crippen LogP contribution in [0.3, 0.4) is 0 Å². The summed E-state index contributed by atoms with van der Waals surface area (Å²) in [6.07, 6.45) is 3.01. The number of amides is 1. The molecular formula is C23H22N2O3S. The van der Waals surface area contributed by atoms with Gasteiger partial charge in [0.25, 0.3) is 5.91 Å². The lowest BCUT2D eigenvalue weighted by Crippen LogP contribution is -2.38. The van der Waals surface area contributed by atoms with Crippen LogP contribution in [-0.4, -0.2) is 29.4 Å². The first-order valence-electron chi connectivity index (χ1n) is 9.92. The highest BCUT2D eigenvalue weighted by atomic mass is 32.1. The minimum atomic E-state index is -0.0720. The normalized spacial score (nSPS) is 17.3. The van der Waals surface area contributed by atoms with E-state index in [0.717, 1.165) is 51.0 Å². The number of nitrogens with zero attached hydrogens (tertiary/aromatic N) is 2. The lowest BCUT2D eigenvalue weighted by molar-refractivity contribution is 0.0575. The van der Waals surface area contributed by atoms with Crippen molar-refractivity contribution in [3.8, 4) is 0 Å². The number of furan rings is 1. The molecule has 0 saturated carbocycles. The zero-order chi connectivity index (χ0) is 19.8. The number of likely N-dealkylation sites (tertiary alicyclic amines) is 1. The van der Waals surface area contributed by atoms with Crippen LogP contribution in [0, 0.1) is 0 Å². The Kier molecular flexibility index (Phi) is 4.81. The second kappa shape index (κ2) is 7.61. The van der Waals surface area contributed by atoms with Crippen molar-refractivity contribution in [1.29, 1.82) is 0 Å². The SMILES string of the molecule is COCc1c(C(=O)N2CCCCC2c2nc3ccccc3s2)oc2ccccc12. The van der Waals surface area contributed by atoms with Crippen molar-refractivity contribution in [1.82, 2.24) is 9.88 Å². The molecule has 0 aliphatic carbocycles. The summed E-state index contributed by atoms with van der Waals surface area (Å²) in [6, 6.07) is 15.9. The lowest BCUT2D eigenvalue weighted by Gasteiger charge is -2.34. The molecule has 1 aliphatic heterocycles. The topological polar surface area (TPSA) is 55.6 Å². The molecule has 1 unspecified atom stereocenters. The molecule has 29 heavy (non-hydrogen) atoms. The average Bonchev–Trinajstić information content (AvgIpc) is 3.35. The Labute approximate surface area is 172 Å². The van der Waals surface area contributed by atoms with E-state index in [9.17, 15) is 4.79 Å². The number of methoxy groups -OCH3 is 1. The predicted octanol–water partition coefficient (Wildman–Crippen LogP) is 5.56. The number of para-hydroxylation sites is 2. The number of piperidine rings is 1. The number of fused-ring (bicyclic) bond motifs is 2. The first-order chi connectivity index (χ1) is 14.3. The summed E-state index contributed by atoms with van der Waals surface area (Å²) in [4.78, 5) is 20.4. The molecule has 1 amide bonds. The van der Waals surface area contributed by atoms with E-state index in [2.05, 4.69) is 6.07 Å². The number of rotatable bonds is 4. The van der Waals surface area contributed by atoms with Gasteiger partial charge in [0.1, 0.15) is 10.6 Å². The lowest BCUT2D eigenvalue weighted by atomic mass is 10.0. The number of ether oxygens (including phenoxy) is 1. The van der Waals surface area contributed by atoms with Gasteiger partial charge in [-0.2, -0.15) is 0 Å². The van der Waals surface area contributed by atoms with Gasteiger partial charge in [-0.3, -0.25) is 4.79 Å². The Balaban J connectivity index is 1.55. The Morgan fingerprint density at radius 2 is 2.03 bits per heavy atom. The van der Waals surface area contributed by atoms with E-state index in [1.807, 2.05) is 47.4 Å². The van der Waals surface area contributed by atoms with Gasteiger partial charge in [0.15, 0.2) is 5.76 Å². The Hall–Kier alpha value is -2.70. The Morgan fingerprint density at radius 1 is 1.21 bits per heavy atom. The zero-order valence-corrected chi connectivity index (χ0v) is 17.1. The van der Waals surface area contributed by atoms with Crippen molar-refractivity contribution in [2.24, 2.45) is 0 Å². The maximum Gasteiger partial charge on any atom is 0.290 e. The van der Waals surface area contributed by atoms with Crippen LogP contribution in [0.5, 0.6) is 0 Å². The van der Waals surface area contributed by atoms with Crippen molar-refractivity contribution >= 4 is 38.4 Å². The smallest absolute Gasteiger partial charge is 0.290 e. The third-order valence-electron chi connectivity index (χ3n) is 5.54. The first kappa shape index (κ1) is 18.3. The average molecular weight is 407 g/mol. The van der Waals surface area contributed by atoms with E-state index in [-0.39, 0.29) is 11.9 Å². The summed E-state index contributed by atoms with van der Waals surface area (Å²) in [5, 5.41) is 1.94. The molecule has 0 spiro atoms. The molecule has 0 N–H and O–H groups in total. The van der Waals surface area contributed by atoms with Crippen molar-refractivity contribution < 1.29 is 13.9 Å². The second-order valence-electron chi connectivity index (χ2n) is 7.37. The molecule has 1 saturated heterocycles. The quantitative estimate of drug-likeness (QED) is 0.445. The molecule has 2 aromatic carbocycles. The van der Waals surface area contributed by atoms with Gasteiger partial charge in [0.2, 0.25) is 0 Å². The summed E-state index contributed by atoms with van der Waals surface area (Å²) in [6.45, 7) is 1.06. The van der Waals surface area contributed by atoms with E-state index < -0.39 is 0 Å². The van der Waals surface area contributed by atoms with E-state index in [0.29, 0.717) is 18.9 Å². The van der Waals surface area contributed by atoms with Gasteiger partial charge < -0.3 is 14.1 Å². The molecule has 6 heteroatoms. The van der Waals surface area contributed by atoms with Gasteiger partial charge in [0.05, 0.1) is 22.9 Å². The van der Waals surface area contributed by atoms with E-state index in [4.69, 9.17) is 14.1 Å². The molecule has 0 bridgehead atoms. The number of hydrogen-bond acceptors (Lipinski definition) is 5. The van der Waals surface area contributed by atoms with Gasteiger partial charge in [-0.05, 0) is 37.5 Å². The number of hydrogen-bond donors (Lipinski definition) is 0. The molecule has 148 valence electrons. The molecule has 0 radical (unpaired) electrons. The van der Waals surface area contributed by atoms with Gasteiger partial charge in [-0.25, -0.2) is 4.98 Å². The minimum absolute atomic E-state index is 0.0164. The van der Waals surface area contributed by atoms with E-state index in [1.54, 1.807) is 18.4 Å². The van der Waals surface area contributed by atoms with Crippen LogP contribution in [0.25, 0.3) is 21.2 Å². The van der Waals surface area contributed by atoms with Gasteiger partial charge >= 0.3 is 0 Å². The van der Waals surface area contributed by atoms with Crippen molar-refractivity contribution in [2.75, 3.05) is 13.7 Å². The van der Waals surface area contributed by atoms with Crippen LogP contribution in [0.1, 0.15) is 46.4 Å². The molecule has 1 atom stereocenters. The van der Waals surface area contributed by atoms with Crippen molar-refractivity contribution in [3.63, 3.8) is 0 Å². The van der Waals surface area contributed by atoms with Crippen LogP contribution in [-0.2, 0) is 11.3 Å². The third-order valence-corrected chi connectivity index (χ3v) is 6.68. The first-order valence-corrected chi connectivity index (χ1v) is 10.7. The van der Waals surface area contributed by atoms with Crippen LogP contribution < -0.4 is 0 Å². The highest BCUT2D eigenvalue weighted by Gasteiger charge is 2.34. The predicted molar refractivity (Wildman–Crippen MR) is 114 cm³/mol. The summed E-state index contributed by atoms with van der Waals surface area (Å²) in [5.74, 6) is 0.318. The standard InChI is InChI=1S/C23H22N2O3S/c1-27-14-16-15-8-2-4-11-19(15)28-21(16)23(26)25-13-7-6-10-18(25)22-24-17-9-3-5-12-20(17)29-22/h2-5,8-9,11-12,18H,6-7,10,13-14H2,1H3. The van der Waals surface area contributed by atoms with Crippen molar-refractivity contribution in [2.45, 2.75) is 31.9 Å². The van der Waals surface area contributed by atoms with Gasteiger partial charge in [-0.15, -0.1) is 11.3 Å². The maximum absolute atomic E-state index is 13.6. The van der Waals surface area contributed by atoms with Gasteiger partial charge in [-0.1, -0.05) is 30.3 Å². The molecule has 1 aliphatic rings. The number of carbonyl (C=O) groups excluding carboxylic acids is 1. The fourth-order valence-corrected chi connectivity index (χ4v) is 5.27. The number of thiazole rings is 1. The van der Waals surface area contributed by atoms with Crippen LogP contribution in [0.2, 0.25) is 0 Å². The molecular weight excluding hydrogens is 384 g/mol. The minimum Gasteiger partial charge on any atom is -0.451 e. The van der Waals surface area contributed by atoms with Crippen LogP contribution in [0.4, 0.5) is 0 Å². The molecule has 4 aromatic rings. The molecule has 3 heterocycles. The molecule has 1 fully saturated rings. The highest BCUT2D eigenvalue weighted by Crippen LogP contribution is 2.37. The largest absolute Gasteiger partial charge is 0.451 e. The number of benzene rings is 2. The Morgan fingerprint density at radius 3 is 2.90 bits per heavy atom. The maximum atomic E-state index is 13.6. The summed E-state index contributed by atoms with van der Waals surface area (Å²) in [5.41, 5.74) is 2.53. The fraction of sp³-hybridized carbons (Fsp3) is 0.304.